The predicted molar refractivity (Wildman–Crippen MR) is 104 cm³/mol. The summed E-state index contributed by atoms with van der Waals surface area (Å²) < 4.78 is 7.61. The Labute approximate surface area is 158 Å². The second-order valence-corrected chi connectivity index (χ2v) is 7.53. The highest BCUT2D eigenvalue weighted by molar-refractivity contribution is 5.75. The number of benzene rings is 1. The number of rotatable bonds is 3. The van der Waals surface area contributed by atoms with Crippen LogP contribution in [-0.2, 0) is 17.7 Å². The van der Waals surface area contributed by atoms with E-state index in [4.69, 9.17) is 9.72 Å². The predicted octanol–water partition coefficient (Wildman–Crippen LogP) is 2.91. The lowest BCUT2D eigenvalue weighted by Crippen LogP contribution is -2.26. The molecule has 1 N–H and O–H groups in total. The van der Waals surface area contributed by atoms with Crippen molar-refractivity contribution in [3.63, 3.8) is 0 Å². The summed E-state index contributed by atoms with van der Waals surface area (Å²) in [7, 11) is 2.16. The minimum absolute atomic E-state index is 0.248. The van der Waals surface area contributed by atoms with Gasteiger partial charge in [-0.3, -0.25) is 0 Å². The highest BCUT2D eigenvalue weighted by Gasteiger charge is 2.20. The van der Waals surface area contributed by atoms with Gasteiger partial charge in [0.1, 0.15) is 0 Å². The zero-order chi connectivity index (χ0) is 18.2. The molecule has 5 rings (SSSR count). The fraction of sp³-hybridized carbons (Fsp3) is 0.450. The van der Waals surface area contributed by atoms with Crippen molar-refractivity contribution in [2.24, 2.45) is 0 Å². The number of hydrogen-bond acceptors (Lipinski definition) is 6. The topological polar surface area (TPSA) is 68.1 Å². The third-order valence-corrected chi connectivity index (χ3v) is 5.48. The summed E-state index contributed by atoms with van der Waals surface area (Å²) in [5.41, 5.74) is 4.70. The zero-order valence-corrected chi connectivity index (χ0v) is 15.6. The number of nitrogens with zero attached hydrogens (tertiary/aromatic N) is 5. The normalized spacial score (nSPS) is 20.6. The number of anilines is 2. The molecule has 0 amide bonds. The molecule has 140 valence electrons. The molecular weight excluding hydrogens is 340 g/mol. The summed E-state index contributed by atoms with van der Waals surface area (Å²) in [4.78, 5) is 11.6. The van der Waals surface area contributed by atoms with Gasteiger partial charge >= 0.3 is 0 Å². The lowest BCUT2D eigenvalue weighted by atomic mass is 9.99. The van der Waals surface area contributed by atoms with Crippen LogP contribution in [-0.4, -0.2) is 51.5 Å². The van der Waals surface area contributed by atoms with E-state index in [0.29, 0.717) is 12.6 Å². The van der Waals surface area contributed by atoms with E-state index in [2.05, 4.69) is 45.5 Å². The van der Waals surface area contributed by atoms with Crippen molar-refractivity contribution < 1.29 is 4.74 Å². The fourth-order valence-electron chi connectivity index (χ4n) is 3.98. The van der Waals surface area contributed by atoms with Gasteiger partial charge in [0.2, 0.25) is 5.95 Å². The van der Waals surface area contributed by atoms with Crippen LogP contribution in [0.1, 0.15) is 30.0 Å². The standard InChI is InChI=1S/C20H24N6O/c1-25-7-6-14-4-5-17(9-15(14)12-25)23-20-21-10-16-11-22-26(19(16)24-20)18-3-2-8-27-13-18/h4-5,9-11,18H,2-3,6-8,12-13H2,1H3,(H,21,23,24). The van der Waals surface area contributed by atoms with Gasteiger partial charge in [-0.15, -0.1) is 0 Å². The Morgan fingerprint density at radius 2 is 2.19 bits per heavy atom. The molecule has 0 aliphatic carbocycles. The molecule has 27 heavy (non-hydrogen) atoms. The van der Waals surface area contributed by atoms with Crippen LogP contribution in [0, 0.1) is 0 Å². The van der Waals surface area contributed by atoms with Crippen LogP contribution in [0.4, 0.5) is 11.6 Å². The van der Waals surface area contributed by atoms with Crippen LogP contribution < -0.4 is 5.32 Å². The van der Waals surface area contributed by atoms with Crippen molar-refractivity contribution in [3.05, 3.63) is 41.7 Å². The van der Waals surface area contributed by atoms with Crippen LogP contribution in [0.25, 0.3) is 11.0 Å². The first kappa shape index (κ1) is 16.6. The van der Waals surface area contributed by atoms with E-state index in [1.165, 1.54) is 11.1 Å². The first-order valence-corrected chi connectivity index (χ1v) is 9.62. The minimum atomic E-state index is 0.248. The Morgan fingerprint density at radius 1 is 1.22 bits per heavy atom. The van der Waals surface area contributed by atoms with E-state index in [9.17, 15) is 0 Å². The lowest BCUT2D eigenvalue weighted by Gasteiger charge is -2.25. The molecule has 0 saturated carbocycles. The van der Waals surface area contributed by atoms with Crippen molar-refractivity contribution in [3.8, 4) is 0 Å². The molecule has 0 radical (unpaired) electrons. The number of fused-ring (bicyclic) bond motifs is 2. The average Bonchev–Trinajstić information content (AvgIpc) is 3.11. The van der Waals surface area contributed by atoms with E-state index >= 15 is 0 Å². The van der Waals surface area contributed by atoms with Crippen LogP contribution in [0.2, 0.25) is 0 Å². The molecule has 7 nitrogen and oxygen atoms in total. The monoisotopic (exact) mass is 364 g/mol. The summed E-state index contributed by atoms with van der Waals surface area (Å²) in [5.74, 6) is 0.602. The van der Waals surface area contributed by atoms with Gasteiger partial charge < -0.3 is 15.0 Å². The molecule has 2 aliphatic heterocycles. The summed E-state index contributed by atoms with van der Waals surface area (Å²) in [6.45, 7) is 3.64. The number of ether oxygens (including phenoxy) is 1. The largest absolute Gasteiger partial charge is 0.379 e. The van der Waals surface area contributed by atoms with E-state index in [0.717, 1.165) is 55.7 Å². The van der Waals surface area contributed by atoms with Crippen LogP contribution in [0.3, 0.4) is 0 Å². The Morgan fingerprint density at radius 3 is 3.07 bits per heavy atom. The molecule has 2 aliphatic rings. The SMILES string of the molecule is CN1CCc2ccc(Nc3ncc4cnn(C5CCCOC5)c4n3)cc2C1. The van der Waals surface area contributed by atoms with Crippen LogP contribution in [0.15, 0.2) is 30.6 Å². The molecule has 4 heterocycles. The molecule has 0 bridgehead atoms. The smallest absolute Gasteiger partial charge is 0.229 e. The maximum absolute atomic E-state index is 5.62. The molecule has 1 unspecified atom stereocenters. The molecule has 7 heteroatoms. The van der Waals surface area contributed by atoms with Crippen molar-refractivity contribution >= 4 is 22.7 Å². The zero-order valence-electron chi connectivity index (χ0n) is 15.6. The van der Waals surface area contributed by atoms with Gasteiger partial charge in [-0.25, -0.2) is 9.67 Å². The molecule has 3 aromatic rings. The third kappa shape index (κ3) is 3.28. The van der Waals surface area contributed by atoms with E-state index in [1.807, 2.05) is 17.1 Å². The van der Waals surface area contributed by atoms with E-state index in [1.54, 1.807) is 0 Å². The summed E-state index contributed by atoms with van der Waals surface area (Å²) >= 11 is 0. The highest BCUT2D eigenvalue weighted by Crippen LogP contribution is 2.26. The number of likely N-dealkylation sites (N-methyl/N-ethyl adjacent to an activating group) is 1. The second kappa shape index (κ2) is 6.90. The van der Waals surface area contributed by atoms with Gasteiger partial charge in [-0.1, -0.05) is 6.07 Å². The maximum atomic E-state index is 5.62. The summed E-state index contributed by atoms with van der Waals surface area (Å²) in [6.07, 6.45) is 6.91. The number of aromatic nitrogens is 4. The van der Waals surface area contributed by atoms with Gasteiger partial charge in [-0.2, -0.15) is 10.1 Å². The van der Waals surface area contributed by atoms with Gasteiger partial charge in [0, 0.05) is 31.6 Å². The molecule has 0 spiro atoms. The average molecular weight is 364 g/mol. The Bertz CT molecular complexity index is 962. The van der Waals surface area contributed by atoms with Crippen LogP contribution >= 0.6 is 0 Å². The fourth-order valence-corrected chi connectivity index (χ4v) is 3.98. The lowest BCUT2D eigenvalue weighted by molar-refractivity contribution is 0.0563. The van der Waals surface area contributed by atoms with Gasteiger partial charge in [0.05, 0.1) is 24.2 Å². The van der Waals surface area contributed by atoms with Gasteiger partial charge in [-0.05, 0) is 49.6 Å². The van der Waals surface area contributed by atoms with E-state index in [-0.39, 0.29) is 6.04 Å². The quantitative estimate of drug-likeness (QED) is 0.771. The van der Waals surface area contributed by atoms with Crippen molar-refractivity contribution in [2.75, 3.05) is 32.1 Å². The molecule has 1 fully saturated rings. The highest BCUT2D eigenvalue weighted by atomic mass is 16.5. The molecule has 1 aromatic carbocycles. The Kier molecular flexibility index (Phi) is 4.26. The Hall–Kier alpha value is -2.51. The first-order valence-electron chi connectivity index (χ1n) is 9.62. The molecule has 1 atom stereocenters. The maximum Gasteiger partial charge on any atom is 0.229 e. The number of nitrogens with one attached hydrogen (secondary N) is 1. The summed E-state index contributed by atoms with van der Waals surface area (Å²) in [5, 5.41) is 8.86. The van der Waals surface area contributed by atoms with Crippen molar-refractivity contribution in [2.45, 2.75) is 31.8 Å². The minimum Gasteiger partial charge on any atom is -0.379 e. The van der Waals surface area contributed by atoms with Crippen LogP contribution in [0.5, 0.6) is 0 Å². The first-order chi connectivity index (χ1) is 13.3. The molecule has 2 aromatic heterocycles. The van der Waals surface area contributed by atoms with Crippen molar-refractivity contribution in [1.29, 1.82) is 0 Å². The van der Waals surface area contributed by atoms with E-state index < -0.39 is 0 Å². The Balaban J connectivity index is 1.43. The molecular formula is C20H24N6O. The van der Waals surface area contributed by atoms with Gasteiger partial charge in [0.25, 0.3) is 0 Å². The van der Waals surface area contributed by atoms with Crippen molar-refractivity contribution in [1.82, 2.24) is 24.6 Å². The summed E-state index contributed by atoms with van der Waals surface area (Å²) in [6, 6.07) is 6.79. The second-order valence-electron chi connectivity index (χ2n) is 7.53. The van der Waals surface area contributed by atoms with Gasteiger partial charge in [0.15, 0.2) is 5.65 Å². The number of hydrogen-bond donors (Lipinski definition) is 1. The molecule has 1 saturated heterocycles. The third-order valence-electron chi connectivity index (χ3n) is 5.48.